The molecule has 2 bridgehead atoms. The van der Waals surface area contributed by atoms with Crippen molar-refractivity contribution in [1.82, 2.24) is 20.0 Å². The van der Waals surface area contributed by atoms with Crippen LogP contribution in [-0.4, -0.2) is 90.5 Å². The molecule has 3 atom stereocenters. The topological polar surface area (TPSA) is 68.4 Å². The fourth-order valence-electron chi connectivity index (χ4n) is 10.1. The number of hydrogen-bond acceptors (Lipinski definition) is 7. The third kappa shape index (κ3) is 8.02. The summed E-state index contributed by atoms with van der Waals surface area (Å²) in [5, 5.41) is 2.47. The van der Waals surface area contributed by atoms with Gasteiger partial charge in [-0.25, -0.2) is 4.39 Å². The number of nitrogens with zero attached hydrogens (tertiary/aromatic N) is 4. The van der Waals surface area contributed by atoms with Crippen molar-refractivity contribution in [3.63, 3.8) is 0 Å². The lowest BCUT2D eigenvalue weighted by molar-refractivity contribution is -0.137. The van der Waals surface area contributed by atoms with Gasteiger partial charge in [-0.2, -0.15) is 0 Å². The van der Waals surface area contributed by atoms with Crippen LogP contribution in [0, 0.1) is 11.7 Å². The first kappa shape index (κ1) is 37.7. The van der Waals surface area contributed by atoms with Crippen molar-refractivity contribution < 1.29 is 18.7 Å². The van der Waals surface area contributed by atoms with Crippen LogP contribution in [0.4, 0.5) is 10.1 Å². The van der Waals surface area contributed by atoms with E-state index >= 15 is 4.39 Å². The summed E-state index contributed by atoms with van der Waals surface area (Å²) in [4.78, 5) is 33.7. The number of anilines is 1. The van der Waals surface area contributed by atoms with Gasteiger partial charge < -0.3 is 9.64 Å². The van der Waals surface area contributed by atoms with Gasteiger partial charge in [-0.15, -0.1) is 0 Å². The Morgan fingerprint density at radius 2 is 1.46 bits per heavy atom. The molecule has 9 heteroatoms. The van der Waals surface area contributed by atoms with E-state index in [0.717, 1.165) is 62.6 Å². The Bertz CT molecular complexity index is 2090. The Morgan fingerprint density at radius 3 is 2.12 bits per heavy atom. The number of carbonyl (C=O) groups excluding carboxylic acids is 2. The van der Waals surface area contributed by atoms with E-state index in [-0.39, 0.29) is 23.7 Å². The fourth-order valence-corrected chi connectivity index (χ4v) is 10.1. The van der Waals surface area contributed by atoms with E-state index in [1.165, 1.54) is 47.1 Å². The SMILES string of the molecule is CCC(=C(c1ccccc1)c1ccc(OCCN2CCC(CN3C4CC3CN(c3cc5c(cc3F)CN(C3CCC(=O)NC3=O)C5)C4)CC2)cc1)c1ccccc1. The molecule has 0 radical (unpaired) electrons. The highest BCUT2D eigenvalue weighted by Crippen LogP contribution is 2.40. The minimum atomic E-state index is -0.335. The van der Waals surface area contributed by atoms with Crippen LogP contribution in [0.15, 0.2) is 97.1 Å². The summed E-state index contributed by atoms with van der Waals surface area (Å²) < 4.78 is 21.8. The van der Waals surface area contributed by atoms with Crippen LogP contribution >= 0.6 is 0 Å². The molecule has 5 fully saturated rings. The van der Waals surface area contributed by atoms with E-state index in [2.05, 4.69) is 117 Å². The van der Waals surface area contributed by atoms with Crippen molar-refractivity contribution in [2.75, 3.05) is 50.8 Å². The molecule has 0 spiro atoms. The van der Waals surface area contributed by atoms with Gasteiger partial charge >= 0.3 is 0 Å². The van der Waals surface area contributed by atoms with Crippen LogP contribution in [0.2, 0.25) is 0 Å². The molecule has 4 aromatic rings. The minimum absolute atomic E-state index is 0.168. The summed E-state index contributed by atoms with van der Waals surface area (Å²) in [6.07, 6.45) is 5.41. The van der Waals surface area contributed by atoms with Gasteiger partial charge in [0.1, 0.15) is 18.2 Å². The fraction of sp³-hybridized carbons (Fsp3) is 0.417. The number of piperazine rings is 1. The molecule has 0 saturated carbocycles. The van der Waals surface area contributed by atoms with Crippen molar-refractivity contribution in [2.45, 2.75) is 76.7 Å². The molecule has 3 unspecified atom stereocenters. The summed E-state index contributed by atoms with van der Waals surface area (Å²) in [7, 11) is 0. The molecule has 4 aromatic carbocycles. The predicted octanol–water partition coefficient (Wildman–Crippen LogP) is 7.37. The van der Waals surface area contributed by atoms with E-state index in [0.29, 0.717) is 56.2 Å². The molecule has 10 rings (SSSR count). The molecular weight excluding hydrogens is 714 g/mol. The van der Waals surface area contributed by atoms with Gasteiger partial charge in [-0.1, -0.05) is 79.7 Å². The maximum atomic E-state index is 15.5. The van der Waals surface area contributed by atoms with Crippen molar-refractivity contribution >= 4 is 28.6 Å². The molecule has 0 aromatic heterocycles. The summed E-state index contributed by atoms with van der Waals surface area (Å²) in [5.74, 6) is 0.992. The van der Waals surface area contributed by atoms with Crippen LogP contribution in [-0.2, 0) is 22.7 Å². The number of rotatable bonds is 12. The smallest absolute Gasteiger partial charge is 0.243 e. The van der Waals surface area contributed by atoms with Crippen molar-refractivity contribution in [3.8, 4) is 5.75 Å². The molecule has 8 nitrogen and oxygen atoms in total. The van der Waals surface area contributed by atoms with Gasteiger partial charge in [0.05, 0.1) is 11.7 Å². The molecule has 57 heavy (non-hydrogen) atoms. The number of nitrogens with one attached hydrogen (secondary N) is 1. The predicted molar refractivity (Wildman–Crippen MR) is 223 cm³/mol. The largest absolute Gasteiger partial charge is 0.492 e. The van der Waals surface area contributed by atoms with Gasteiger partial charge in [0.2, 0.25) is 11.8 Å². The molecule has 2 amide bonds. The molecule has 296 valence electrons. The normalized spacial score (nSPS) is 23.5. The van der Waals surface area contributed by atoms with Crippen molar-refractivity contribution in [1.29, 1.82) is 0 Å². The number of allylic oxidation sites excluding steroid dienone is 1. The van der Waals surface area contributed by atoms with Crippen LogP contribution in [0.5, 0.6) is 5.75 Å². The second-order valence-electron chi connectivity index (χ2n) is 16.7. The Balaban J connectivity index is 0.736. The lowest BCUT2D eigenvalue weighted by atomic mass is 9.84. The number of carbonyl (C=O) groups is 2. The highest BCUT2D eigenvalue weighted by Gasteiger charge is 2.46. The van der Waals surface area contributed by atoms with E-state index in [1.54, 1.807) is 6.07 Å². The number of halogens is 1. The summed E-state index contributed by atoms with van der Waals surface area (Å²) in [6.45, 7) is 10.0. The highest BCUT2D eigenvalue weighted by molar-refractivity contribution is 6.00. The van der Waals surface area contributed by atoms with Crippen molar-refractivity contribution in [2.24, 2.45) is 5.92 Å². The number of ether oxygens (including phenoxy) is 1. The first-order valence-electron chi connectivity index (χ1n) is 21.1. The molecule has 6 heterocycles. The zero-order valence-corrected chi connectivity index (χ0v) is 33.0. The van der Waals surface area contributed by atoms with E-state index in [4.69, 9.17) is 4.74 Å². The number of amides is 2. The molecular formula is C48H54FN5O3. The number of hydrogen-bond donors (Lipinski definition) is 1. The number of benzene rings is 4. The van der Waals surface area contributed by atoms with Crippen LogP contribution in [0.3, 0.4) is 0 Å². The van der Waals surface area contributed by atoms with E-state index in [1.807, 2.05) is 6.07 Å². The maximum absolute atomic E-state index is 15.5. The molecule has 6 aliphatic rings. The Kier molecular flexibility index (Phi) is 11.0. The molecule has 0 aliphatic carbocycles. The average Bonchev–Trinajstić information content (AvgIpc) is 3.65. The average molecular weight is 768 g/mol. The maximum Gasteiger partial charge on any atom is 0.243 e. The van der Waals surface area contributed by atoms with Crippen molar-refractivity contribution in [3.05, 3.63) is 131 Å². The minimum Gasteiger partial charge on any atom is -0.492 e. The van der Waals surface area contributed by atoms with Gasteiger partial charge in [-0.05, 0) is 114 Å². The number of fused-ring (bicyclic) bond motifs is 3. The van der Waals surface area contributed by atoms with Crippen LogP contribution in [0.1, 0.15) is 73.3 Å². The second kappa shape index (κ2) is 16.6. The van der Waals surface area contributed by atoms with Crippen LogP contribution < -0.4 is 15.0 Å². The quantitative estimate of drug-likeness (QED) is 0.119. The van der Waals surface area contributed by atoms with Gasteiger partial charge in [0, 0.05) is 57.8 Å². The number of likely N-dealkylation sites (tertiary alicyclic amines) is 1. The van der Waals surface area contributed by atoms with Gasteiger partial charge in [0.15, 0.2) is 0 Å². The van der Waals surface area contributed by atoms with Crippen LogP contribution in [0.25, 0.3) is 11.1 Å². The highest BCUT2D eigenvalue weighted by atomic mass is 19.1. The van der Waals surface area contributed by atoms with E-state index < -0.39 is 0 Å². The number of piperidine rings is 3. The van der Waals surface area contributed by atoms with E-state index in [9.17, 15) is 9.59 Å². The zero-order valence-electron chi connectivity index (χ0n) is 33.0. The standard InChI is InChI=1S/C48H54FN5O3/c1-2-42(34-9-5-3-6-10-34)47(35-11-7-4-8-12-35)36-13-15-41(16-14-36)57-24-23-51-21-19-33(20-22-51)28-54-39-27-40(54)32-53(31-39)45-26-38-30-52(29-37(38)25-43(45)49)44-17-18-46(55)50-48(44)56/h3-16,25-26,33,39-40,44H,2,17-24,27-32H2,1H3,(H,50,55,56). The van der Waals surface area contributed by atoms with Gasteiger partial charge in [0.25, 0.3) is 0 Å². The molecule has 6 aliphatic heterocycles. The Morgan fingerprint density at radius 1 is 0.807 bits per heavy atom. The summed E-state index contributed by atoms with van der Waals surface area (Å²) in [6, 6.07) is 34.3. The first-order chi connectivity index (χ1) is 27.9. The first-order valence-corrected chi connectivity index (χ1v) is 21.1. The lowest BCUT2D eigenvalue weighted by Gasteiger charge is -2.58. The summed E-state index contributed by atoms with van der Waals surface area (Å²) >= 11 is 0. The monoisotopic (exact) mass is 767 g/mol. The third-order valence-electron chi connectivity index (χ3n) is 13.2. The molecule has 5 saturated heterocycles. The Hall–Kier alpha value is -4.83. The molecule has 1 N–H and O–H groups in total. The Labute approximate surface area is 336 Å². The van der Waals surface area contributed by atoms with Gasteiger partial charge in [-0.3, -0.25) is 29.6 Å². The second-order valence-corrected chi connectivity index (χ2v) is 16.7. The lowest BCUT2D eigenvalue weighted by Crippen LogP contribution is -2.69. The third-order valence-corrected chi connectivity index (χ3v) is 13.2. The summed E-state index contributed by atoms with van der Waals surface area (Å²) in [5.41, 5.74) is 9.03. The zero-order chi connectivity index (χ0) is 38.9. The number of imide groups is 1.